The van der Waals surface area contributed by atoms with Gasteiger partial charge >= 0.3 is 53.5 Å². The van der Waals surface area contributed by atoms with Gasteiger partial charge in [0.05, 0.1) is 5.97 Å². The fourth-order valence-electron chi connectivity index (χ4n) is 0.684. The minimum Gasteiger partial charge on any atom is -0.550 e. The average Bonchev–Trinajstić information content (AvgIpc) is 1.82. The Morgan fingerprint density at radius 2 is 1.27 bits per heavy atom. The van der Waals surface area contributed by atoms with E-state index in [-0.39, 0.29) is 53.5 Å². The number of rotatable bonds is 5. The molecule has 1 N–H and O–H groups in total. The second-order valence-electron chi connectivity index (χ2n) is 2.42. The third kappa shape index (κ3) is 8.03. The van der Waals surface area contributed by atoms with Crippen molar-refractivity contribution in [3.8, 4) is 0 Å². The molecule has 0 aliphatic heterocycles. The minimum atomic E-state index is -2.97. The number of carboxylic acids is 3. The summed E-state index contributed by atoms with van der Waals surface area (Å²) in [7, 11) is 0. The molecule has 0 saturated carbocycles. The molecule has 0 rings (SSSR count). The van der Waals surface area contributed by atoms with Crippen LogP contribution in [0.3, 0.4) is 0 Å². The zero-order chi connectivity index (χ0) is 10.6. The molecular formula is C6H5BiO7Pb+2. The standard InChI is InChI=1S/C6H8O7.Bi.Pb/c7-3(8)1-6(13,5(11)12)2-4(9)10;;/h13H,1-2H2,(H,7,8)(H,9,10)(H,11,12);;/q;+3;+2/p-3. The van der Waals surface area contributed by atoms with Gasteiger partial charge in [-0.2, -0.15) is 0 Å². The molecule has 4 radical (unpaired) electrons. The molecule has 0 aliphatic carbocycles. The molecule has 7 nitrogen and oxygen atoms in total. The maximum absolute atomic E-state index is 10.1. The number of carbonyl (C=O) groups is 3. The number of carbonyl (C=O) groups excluding carboxylic acids is 3. The molecule has 0 atom stereocenters. The molecule has 0 aromatic heterocycles. The van der Waals surface area contributed by atoms with Gasteiger partial charge in [-0.3, -0.25) is 0 Å². The smallest absolute Gasteiger partial charge is 0.550 e. The van der Waals surface area contributed by atoms with E-state index in [1.807, 2.05) is 0 Å². The van der Waals surface area contributed by atoms with E-state index in [4.69, 9.17) is 5.11 Å². The maximum atomic E-state index is 10.1. The van der Waals surface area contributed by atoms with Crippen LogP contribution < -0.4 is 15.3 Å². The maximum Gasteiger partial charge on any atom is 3.00 e. The van der Waals surface area contributed by atoms with Gasteiger partial charge in [-0.15, -0.1) is 0 Å². The molecular weight excluding hydrogens is 600 g/mol. The van der Waals surface area contributed by atoms with Crippen molar-refractivity contribution in [2.45, 2.75) is 18.4 Å². The van der Waals surface area contributed by atoms with Gasteiger partial charge in [0.2, 0.25) is 0 Å². The molecule has 0 spiro atoms. The van der Waals surface area contributed by atoms with Crippen molar-refractivity contribution in [3.05, 3.63) is 0 Å². The molecule has 0 aliphatic rings. The molecule has 0 fully saturated rings. The van der Waals surface area contributed by atoms with Gasteiger partial charge < -0.3 is 34.8 Å². The Hall–Kier alpha value is 0.175. The largest absolute Gasteiger partial charge is 3.00 e. The monoisotopic (exact) mass is 606 g/mol. The third-order valence-corrected chi connectivity index (χ3v) is 1.25. The summed E-state index contributed by atoms with van der Waals surface area (Å²) in [5.41, 5.74) is -2.97. The van der Waals surface area contributed by atoms with Crippen molar-refractivity contribution in [2.24, 2.45) is 0 Å². The van der Waals surface area contributed by atoms with Gasteiger partial charge in [-0.05, 0) is 0 Å². The fourth-order valence-corrected chi connectivity index (χ4v) is 0.684. The summed E-state index contributed by atoms with van der Waals surface area (Å²) in [4.78, 5) is 30.0. The zero-order valence-corrected chi connectivity index (χ0v) is 14.6. The molecule has 78 valence electrons. The van der Waals surface area contributed by atoms with Crippen LogP contribution in [0.1, 0.15) is 12.8 Å². The molecule has 0 aromatic carbocycles. The van der Waals surface area contributed by atoms with Crippen LogP contribution in [0, 0.1) is 0 Å². The van der Waals surface area contributed by atoms with Gasteiger partial charge in [0.1, 0.15) is 5.60 Å². The molecule has 9 heteroatoms. The van der Waals surface area contributed by atoms with Crippen LogP contribution in [0.25, 0.3) is 0 Å². The fraction of sp³-hybridized carbons (Fsp3) is 0.500. The van der Waals surface area contributed by atoms with Gasteiger partial charge in [-0.1, -0.05) is 0 Å². The number of aliphatic carboxylic acids is 3. The Labute approximate surface area is 124 Å². The molecule has 0 heterocycles. The van der Waals surface area contributed by atoms with E-state index in [9.17, 15) is 29.7 Å². The summed E-state index contributed by atoms with van der Waals surface area (Å²) in [6.07, 6.45) is -2.72. The number of aliphatic hydroxyl groups is 1. The van der Waals surface area contributed by atoms with E-state index in [0.29, 0.717) is 0 Å². The molecule has 0 amide bonds. The van der Waals surface area contributed by atoms with Crippen molar-refractivity contribution < 1.29 is 34.8 Å². The first kappa shape index (κ1) is 20.6. The van der Waals surface area contributed by atoms with Crippen molar-refractivity contribution in [1.82, 2.24) is 0 Å². The Morgan fingerprint density at radius 3 is 1.40 bits per heavy atom. The molecule has 0 aromatic rings. The second kappa shape index (κ2) is 8.34. The van der Waals surface area contributed by atoms with Gasteiger partial charge in [0.15, 0.2) is 0 Å². The van der Waals surface area contributed by atoms with Crippen LogP contribution in [0.5, 0.6) is 0 Å². The summed E-state index contributed by atoms with van der Waals surface area (Å²) >= 11 is 0. The first-order chi connectivity index (χ1) is 5.78. The molecule has 0 saturated heterocycles. The predicted octanol–water partition coefficient (Wildman–Crippen LogP) is -6.01. The van der Waals surface area contributed by atoms with Crippen molar-refractivity contribution in [2.75, 3.05) is 0 Å². The van der Waals surface area contributed by atoms with Crippen molar-refractivity contribution in [1.29, 1.82) is 0 Å². The van der Waals surface area contributed by atoms with Crippen LogP contribution in [-0.4, -0.2) is 82.1 Å². The van der Waals surface area contributed by atoms with Crippen LogP contribution in [-0.2, 0) is 14.4 Å². The summed E-state index contributed by atoms with van der Waals surface area (Å²) in [5, 5.41) is 38.9. The quantitative estimate of drug-likeness (QED) is 0.308. The van der Waals surface area contributed by atoms with E-state index in [1.165, 1.54) is 0 Å². The molecule has 0 bridgehead atoms. The Kier molecular flexibility index (Phi) is 11.4. The van der Waals surface area contributed by atoms with E-state index >= 15 is 0 Å². The third-order valence-electron chi connectivity index (χ3n) is 1.25. The summed E-state index contributed by atoms with van der Waals surface area (Å²) < 4.78 is 0. The van der Waals surface area contributed by atoms with Crippen molar-refractivity contribution >= 4 is 71.4 Å². The van der Waals surface area contributed by atoms with Gasteiger partial charge in [0, 0.05) is 24.8 Å². The van der Waals surface area contributed by atoms with Crippen LogP contribution in [0.2, 0.25) is 0 Å². The van der Waals surface area contributed by atoms with Crippen LogP contribution in [0.4, 0.5) is 0 Å². The van der Waals surface area contributed by atoms with E-state index in [1.54, 1.807) is 0 Å². The topological polar surface area (TPSA) is 141 Å². The Bertz CT molecular complexity index is 238. The summed E-state index contributed by atoms with van der Waals surface area (Å²) in [6.45, 7) is 0. The number of carboxylic acid groups (broad SMARTS) is 3. The SMILES string of the molecule is O=C([O-])CC(O)(CC(=O)[O-])C(=O)[O-].[Bi+3].[Pb+2]. The first-order valence-electron chi connectivity index (χ1n) is 3.11. The summed E-state index contributed by atoms with van der Waals surface area (Å²) in [5.74, 6) is -5.98. The molecule has 15 heavy (non-hydrogen) atoms. The number of hydrogen-bond acceptors (Lipinski definition) is 7. The van der Waals surface area contributed by atoms with E-state index in [0.717, 1.165) is 0 Å². The summed E-state index contributed by atoms with van der Waals surface area (Å²) in [6, 6.07) is 0. The van der Waals surface area contributed by atoms with Gasteiger partial charge in [0.25, 0.3) is 0 Å². The van der Waals surface area contributed by atoms with E-state index in [2.05, 4.69) is 0 Å². The van der Waals surface area contributed by atoms with Gasteiger partial charge in [-0.25, -0.2) is 0 Å². The zero-order valence-electron chi connectivity index (χ0n) is 7.26. The minimum absolute atomic E-state index is 0. The van der Waals surface area contributed by atoms with E-state index < -0.39 is 36.4 Å². The predicted molar refractivity (Wildman–Crippen MR) is 40.7 cm³/mol. The average molecular weight is 605 g/mol. The normalized spacial score (nSPS) is 9.40. The Balaban J connectivity index is -0.000000720. The first-order valence-corrected chi connectivity index (χ1v) is 3.11. The second-order valence-corrected chi connectivity index (χ2v) is 2.42. The van der Waals surface area contributed by atoms with Crippen LogP contribution in [0.15, 0.2) is 0 Å². The Morgan fingerprint density at radius 1 is 1.00 bits per heavy atom. The number of hydrogen-bond donors (Lipinski definition) is 1. The molecule has 0 unspecified atom stereocenters. The van der Waals surface area contributed by atoms with Crippen LogP contribution >= 0.6 is 0 Å². The van der Waals surface area contributed by atoms with Crippen molar-refractivity contribution in [3.63, 3.8) is 0 Å².